The molecule has 0 aliphatic carbocycles. The van der Waals surface area contributed by atoms with E-state index in [4.69, 9.17) is 4.74 Å². The molecule has 1 aromatic heterocycles. The zero-order chi connectivity index (χ0) is 30.4. The number of nitrogens with zero attached hydrogens (tertiary/aromatic N) is 4. The van der Waals surface area contributed by atoms with Crippen LogP contribution in [0.2, 0.25) is 0 Å². The maximum atomic E-state index is 14.1. The van der Waals surface area contributed by atoms with E-state index in [-0.39, 0.29) is 43.5 Å². The Balaban J connectivity index is 1.57. The zero-order valence-electron chi connectivity index (χ0n) is 24.6. The highest BCUT2D eigenvalue weighted by Crippen LogP contribution is 2.39. The Morgan fingerprint density at radius 2 is 2.00 bits per heavy atom. The topological polar surface area (TPSA) is 150 Å². The van der Waals surface area contributed by atoms with Crippen LogP contribution in [0.25, 0.3) is 0 Å². The minimum Gasteiger partial charge on any atom is -0.369 e. The lowest BCUT2D eigenvalue weighted by Crippen LogP contribution is -2.60. The van der Waals surface area contributed by atoms with Crippen LogP contribution in [0.3, 0.4) is 0 Å². The summed E-state index contributed by atoms with van der Waals surface area (Å²) in [6.07, 6.45) is 3.41. The molecule has 1 aromatic carbocycles. The Kier molecular flexibility index (Phi) is 10.3. The summed E-state index contributed by atoms with van der Waals surface area (Å²) in [6, 6.07) is 2.87. The third kappa shape index (κ3) is 6.61. The number of hydrogen-bond donors (Lipinski definition) is 3. The third-order valence-corrected chi connectivity index (χ3v) is 7.98. The fourth-order valence-corrected chi connectivity index (χ4v) is 5.77. The number of alkyl halides is 1. The molecular weight excluding hydrogens is 545 g/mol. The maximum Gasteiger partial charge on any atom is 0.250 e. The molecule has 0 radical (unpaired) electrons. The van der Waals surface area contributed by atoms with E-state index in [0.29, 0.717) is 31.4 Å². The van der Waals surface area contributed by atoms with Crippen molar-refractivity contribution >= 4 is 29.3 Å². The number of para-hydroxylation sites is 1. The second-order valence-electron chi connectivity index (χ2n) is 11.1. The number of H-pyrrole nitrogens is 1. The Morgan fingerprint density at radius 1 is 1.24 bits per heavy atom. The van der Waals surface area contributed by atoms with Crippen LogP contribution in [0, 0.1) is 5.92 Å². The highest BCUT2D eigenvalue weighted by atomic mass is 19.1. The molecule has 4 amide bonds. The van der Waals surface area contributed by atoms with Gasteiger partial charge >= 0.3 is 0 Å². The van der Waals surface area contributed by atoms with Crippen molar-refractivity contribution in [1.82, 2.24) is 30.9 Å². The molecular formula is C29H40FN7O5. The number of rotatable bonds is 13. The Morgan fingerprint density at radius 3 is 2.67 bits per heavy atom. The smallest absolute Gasteiger partial charge is 0.250 e. The van der Waals surface area contributed by atoms with Gasteiger partial charge in [-0.2, -0.15) is 0 Å². The van der Waals surface area contributed by atoms with Gasteiger partial charge in [-0.25, -0.2) is 4.39 Å². The quantitative estimate of drug-likeness (QED) is 0.301. The summed E-state index contributed by atoms with van der Waals surface area (Å²) in [4.78, 5) is 57.5. The van der Waals surface area contributed by atoms with Gasteiger partial charge in [-0.15, -0.1) is 5.10 Å². The molecule has 0 saturated heterocycles. The molecule has 4 atom stereocenters. The molecule has 2 aromatic rings. The molecule has 228 valence electrons. The van der Waals surface area contributed by atoms with Crippen LogP contribution in [0.15, 0.2) is 24.4 Å². The van der Waals surface area contributed by atoms with Crippen molar-refractivity contribution in [2.45, 2.75) is 84.1 Å². The van der Waals surface area contributed by atoms with Crippen LogP contribution in [-0.2, 0) is 43.3 Å². The van der Waals surface area contributed by atoms with Gasteiger partial charge in [0.1, 0.15) is 37.1 Å². The average Bonchev–Trinajstić information content (AvgIpc) is 3.61. The number of carbonyl (C=O) groups excluding carboxylic acids is 4. The van der Waals surface area contributed by atoms with Crippen LogP contribution in [-0.4, -0.2) is 88.0 Å². The van der Waals surface area contributed by atoms with Crippen molar-refractivity contribution in [3.63, 3.8) is 0 Å². The summed E-state index contributed by atoms with van der Waals surface area (Å²) in [5.74, 6) is -1.81. The van der Waals surface area contributed by atoms with Gasteiger partial charge in [-0.3, -0.25) is 29.2 Å². The largest absolute Gasteiger partial charge is 0.369 e. The molecule has 2 aliphatic rings. The van der Waals surface area contributed by atoms with Crippen molar-refractivity contribution < 1.29 is 28.3 Å². The number of aryl methyl sites for hydroxylation is 1. The van der Waals surface area contributed by atoms with Crippen molar-refractivity contribution in [3.05, 3.63) is 41.2 Å². The molecule has 12 nitrogen and oxygen atoms in total. The Hall–Kier alpha value is -3.87. The van der Waals surface area contributed by atoms with E-state index < -0.39 is 36.6 Å². The van der Waals surface area contributed by atoms with Gasteiger partial charge in [0, 0.05) is 18.7 Å². The van der Waals surface area contributed by atoms with Crippen molar-refractivity contribution in [3.8, 4) is 0 Å². The van der Waals surface area contributed by atoms with Crippen LogP contribution in [0.1, 0.15) is 57.4 Å². The average molecular weight is 586 g/mol. The predicted octanol–water partition coefficient (Wildman–Crippen LogP) is 1.45. The minimum absolute atomic E-state index is 0.155. The van der Waals surface area contributed by atoms with Crippen molar-refractivity contribution in [1.29, 1.82) is 0 Å². The number of amides is 4. The lowest BCUT2D eigenvalue weighted by atomic mass is 9.94. The lowest BCUT2D eigenvalue weighted by Gasteiger charge is -2.38. The normalized spacial score (nSPS) is 19.2. The number of hydrogen-bond acceptors (Lipinski definition) is 7. The highest BCUT2D eigenvalue weighted by molar-refractivity contribution is 6.08. The summed E-state index contributed by atoms with van der Waals surface area (Å²) in [7, 11) is 0. The first-order valence-corrected chi connectivity index (χ1v) is 14.5. The first kappa shape index (κ1) is 31.1. The van der Waals surface area contributed by atoms with E-state index in [9.17, 15) is 23.6 Å². The van der Waals surface area contributed by atoms with Gasteiger partial charge in [0.15, 0.2) is 0 Å². The first-order valence-electron chi connectivity index (χ1n) is 14.5. The van der Waals surface area contributed by atoms with E-state index in [1.165, 1.54) is 9.80 Å². The molecule has 3 N–H and O–H groups in total. The molecule has 4 rings (SSSR count). The molecule has 13 heteroatoms. The molecule has 0 spiro atoms. The summed E-state index contributed by atoms with van der Waals surface area (Å²) < 4.78 is 17.7. The van der Waals surface area contributed by atoms with E-state index >= 15 is 0 Å². The van der Waals surface area contributed by atoms with Crippen LogP contribution in [0.4, 0.5) is 10.1 Å². The highest BCUT2D eigenvalue weighted by Gasteiger charge is 2.45. The maximum absolute atomic E-state index is 14.1. The molecule has 0 bridgehead atoms. The number of anilines is 1. The molecule has 0 unspecified atom stereocenters. The Bertz CT molecular complexity index is 1270. The SMILES string of the molecule is CC[C@H](C)[C@@H](C(=O)N[C@H]1CCc2cccc3c2N(C1=O)[C@H](C(=O)NCc1c[nH]nn1)C3)N(C(=O)COCCF)C(C)C. The van der Waals surface area contributed by atoms with Crippen LogP contribution >= 0.6 is 0 Å². The molecule has 2 aliphatic heterocycles. The number of aromatic amines is 1. The monoisotopic (exact) mass is 585 g/mol. The van der Waals surface area contributed by atoms with E-state index in [2.05, 4.69) is 26.0 Å². The third-order valence-electron chi connectivity index (χ3n) is 7.98. The number of nitrogens with one attached hydrogen (secondary N) is 3. The summed E-state index contributed by atoms with van der Waals surface area (Å²) in [5, 5.41) is 15.9. The van der Waals surface area contributed by atoms with E-state index in [0.717, 1.165) is 16.8 Å². The number of aromatic nitrogens is 3. The molecule has 0 saturated carbocycles. The van der Waals surface area contributed by atoms with Crippen LogP contribution < -0.4 is 15.5 Å². The number of ether oxygens (including phenoxy) is 1. The first-order chi connectivity index (χ1) is 20.2. The Labute approximate surface area is 244 Å². The van der Waals surface area contributed by atoms with Gasteiger partial charge < -0.3 is 20.3 Å². The predicted molar refractivity (Wildman–Crippen MR) is 152 cm³/mol. The molecule has 0 fully saturated rings. The van der Waals surface area contributed by atoms with E-state index in [1.54, 1.807) is 20.0 Å². The van der Waals surface area contributed by atoms with Crippen molar-refractivity contribution in [2.24, 2.45) is 5.92 Å². The summed E-state index contributed by atoms with van der Waals surface area (Å²) >= 11 is 0. The van der Waals surface area contributed by atoms with Gasteiger partial charge in [0.2, 0.25) is 23.6 Å². The second-order valence-corrected chi connectivity index (χ2v) is 11.1. The number of benzene rings is 1. The van der Waals surface area contributed by atoms with Gasteiger partial charge in [0.05, 0.1) is 18.8 Å². The zero-order valence-corrected chi connectivity index (χ0v) is 24.6. The number of carbonyl (C=O) groups is 4. The summed E-state index contributed by atoms with van der Waals surface area (Å²) in [5.41, 5.74) is 3.12. The summed E-state index contributed by atoms with van der Waals surface area (Å²) in [6.45, 7) is 6.29. The van der Waals surface area contributed by atoms with Crippen molar-refractivity contribution in [2.75, 3.05) is 24.8 Å². The lowest BCUT2D eigenvalue weighted by molar-refractivity contribution is -0.148. The standard InChI is InChI=1S/C29H40FN7O5/c1-5-18(4)25(36(17(2)3)24(38)16-42-12-11-30)28(40)33-22-10-9-19-7-6-8-20-13-23(37(26(19)20)29(22)41)27(39)31-14-21-15-32-35-34-21/h6-8,15,17-18,22-23,25H,5,9-14,16H2,1-4H3,(H,31,39)(H,33,40)(H,32,34,35)/t18-,22-,23-,25-/m0/s1. The minimum atomic E-state index is -0.903. The van der Waals surface area contributed by atoms with Gasteiger partial charge in [0.25, 0.3) is 0 Å². The fourth-order valence-electron chi connectivity index (χ4n) is 5.77. The van der Waals surface area contributed by atoms with E-state index in [1.807, 2.05) is 32.0 Å². The van der Waals surface area contributed by atoms with Gasteiger partial charge in [-0.1, -0.05) is 43.7 Å². The number of halogens is 1. The second kappa shape index (κ2) is 13.9. The van der Waals surface area contributed by atoms with Crippen LogP contribution in [0.5, 0.6) is 0 Å². The molecule has 3 heterocycles. The fraction of sp³-hybridized carbons (Fsp3) is 0.586. The van der Waals surface area contributed by atoms with Gasteiger partial charge in [-0.05, 0) is 43.7 Å². The molecule has 42 heavy (non-hydrogen) atoms.